The van der Waals surface area contributed by atoms with Crippen molar-refractivity contribution in [3.63, 3.8) is 0 Å². The molecular formula is C18H24N2O3S. The average Bonchev–Trinajstić information content (AvgIpc) is 2.82. The van der Waals surface area contributed by atoms with Crippen molar-refractivity contribution in [2.45, 2.75) is 59.9 Å². The van der Waals surface area contributed by atoms with Crippen LogP contribution in [0.5, 0.6) is 0 Å². The molecule has 1 unspecified atom stereocenters. The molecule has 0 bridgehead atoms. The molecule has 130 valence electrons. The van der Waals surface area contributed by atoms with Crippen LogP contribution in [0.2, 0.25) is 0 Å². The van der Waals surface area contributed by atoms with E-state index in [-0.39, 0.29) is 23.9 Å². The summed E-state index contributed by atoms with van der Waals surface area (Å²) in [4.78, 5) is 30.4. The third-order valence-corrected chi connectivity index (χ3v) is 6.28. The largest absolute Gasteiger partial charge is 0.481 e. The summed E-state index contributed by atoms with van der Waals surface area (Å²) >= 11 is 1.64. The smallest absolute Gasteiger partial charge is 0.305 e. The molecular weight excluding hydrogens is 324 g/mol. The molecule has 1 aliphatic carbocycles. The first-order valence-electron chi connectivity index (χ1n) is 8.42. The number of hydrogen-bond acceptors (Lipinski definition) is 4. The molecule has 2 aromatic heterocycles. The fraction of sp³-hybridized carbons (Fsp3) is 0.611. The number of aliphatic carboxylic acids is 1. The van der Waals surface area contributed by atoms with Crippen molar-refractivity contribution in [1.82, 2.24) is 9.55 Å². The molecule has 3 rings (SSSR count). The van der Waals surface area contributed by atoms with E-state index in [1.807, 2.05) is 0 Å². The predicted molar refractivity (Wildman–Crippen MR) is 95.8 cm³/mol. The molecule has 0 aliphatic heterocycles. The summed E-state index contributed by atoms with van der Waals surface area (Å²) in [7, 11) is 0. The maximum absolute atomic E-state index is 12.9. The minimum absolute atomic E-state index is 0.0631. The second kappa shape index (κ2) is 5.99. The first-order valence-corrected chi connectivity index (χ1v) is 9.23. The monoisotopic (exact) mass is 348 g/mol. The Kier molecular flexibility index (Phi) is 4.28. The van der Waals surface area contributed by atoms with E-state index in [0.29, 0.717) is 11.7 Å². The summed E-state index contributed by atoms with van der Waals surface area (Å²) in [5.74, 6) is 0.315. The van der Waals surface area contributed by atoms with E-state index < -0.39 is 5.97 Å². The number of rotatable bonds is 3. The third kappa shape index (κ3) is 2.99. The molecule has 5 nitrogen and oxygen atoms in total. The van der Waals surface area contributed by atoms with E-state index in [1.54, 1.807) is 18.3 Å². The Labute approximate surface area is 145 Å². The summed E-state index contributed by atoms with van der Waals surface area (Å²) in [5.41, 5.74) is 1.33. The zero-order chi connectivity index (χ0) is 17.6. The lowest BCUT2D eigenvalue weighted by atomic mass is 9.72. The van der Waals surface area contributed by atoms with Gasteiger partial charge in [-0.05, 0) is 43.1 Å². The van der Waals surface area contributed by atoms with Gasteiger partial charge in [-0.2, -0.15) is 0 Å². The maximum atomic E-state index is 12.9. The summed E-state index contributed by atoms with van der Waals surface area (Å²) in [6, 6.07) is 0. The lowest BCUT2D eigenvalue weighted by Crippen LogP contribution is -2.28. The van der Waals surface area contributed by atoms with E-state index in [2.05, 4.69) is 25.8 Å². The van der Waals surface area contributed by atoms with Crippen molar-refractivity contribution in [3.05, 3.63) is 26.6 Å². The van der Waals surface area contributed by atoms with Crippen LogP contribution in [0.4, 0.5) is 0 Å². The van der Waals surface area contributed by atoms with Crippen LogP contribution in [-0.4, -0.2) is 20.6 Å². The predicted octanol–water partition coefficient (Wildman–Crippen LogP) is 3.39. The number of nitrogens with zero attached hydrogens (tertiary/aromatic N) is 2. The molecule has 2 aromatic rings. The van der Waals surface area contributed by atoms with Gasteiger partial charge < -0.3 is 5.11 Å². The number of hydrogen-bond donors (Lipinski definition) is 1. The van der Waals surface area contributed by atoms with Crippen LogP contribution >= 0.6 is 11.3 Å². The zero-order valence-electron chi connectivity index (χ0n) is 14.7. The van der Waals surface area contributed by atoms with Crippen molar-refractivity contribution in [2.24, 2.45) is 11.3 Å². The second-order valence-corrected chi connectivity index (χ2v) is 8.83. The highest BCUT2D eigenvalue weighted by Gasteiger charge is 2.31. The Morgan fingerprint density at radius 2 is 2.12 bits per heavy atom. The van der Waals surface area contributed by atoms with E-state index in [4.69, 9.17) is 5.11 Å². The van der Waals surface area contributed by atoms with Gasteiger partial charge in [0, 0.05) is 11.4 Å². The lowest BCUT2D eigenvalue weighted by molar-refractivity contribution is -0.137. The first-order chi connectivity index (χ1) is 11.2. The molecule has 0 aromatic carbocycles. The molecule has 0 radical (unpaired) electrons. The summed E-state index contributed by atoms with van der Waals surface area (Å²) in [6.45, 7) is 8.78. The number of aryl methyl sites for hydroxylation is 2. The Morgan fingerprint density at radius 3 is 2.75 bits per heavy atom. The normalized spacial score (nSPS) is 17.9. The van der Waals surface area contributed by atoms with Crippen LogP contribution in [0.15, 0.2) is 4.79 Å². The first kappa shape index (κ1) is 17.1. The van der Waals surface area contributed by atoms with Crippen LogP contribution < -0.4 is 5.56 Å². The van der Waals surface area contributed by atoms with Gasteiger partial charge in [0.25, 0.3) is 5.56 Å². The number of thiophene rings is 1. The highest BCUT2D eigenvalue weighted by Crippen LogP contribution is 2.42. The summed E-state index contributed by atoms with van der Waals surface area (Å²) in [6.07, 6.45) is 2.95. The van der Waals surface area contributed by atoms with Gasteiger partial charge in [0.2, 0.25) is 0 Å². The number of carbonyl (C=O) groups is 1. The summed E-state index contributed by atoms with van der Waals surface area (Å²) < 4.78 is 1.51. The van der Waals surface area contributed by atoms with Gasteiger partial charge in [-0.25, -0.2) is 4.98 Å². The quantitative estimate of drug-likeness (QED) is 0.923. The Balaban J connectivity index is 2.07. The molecule has 0 spiro atoms. The van der Waals surface area contributed by atoms with Gasteiger partial charge in [-0.3, -0.25) is 14.2 Å². The SMILES string of the molecule is Cc1nc2sc3c(c2c(=O)n1CCC(=O)O)CCC(C(C)(C)C)C3. The number of carboxylic acid groups (broad SMARTS) is 1. The standard InChI is InChI=1S/C18H24N2O3S/c1-10-19-16-15(17(23)20(10)8-7-14(21)22)12-6-5-11(18(2,3)4)9-13(12)24-16/h11H,5-9H2,1-4H3,(H,21,22). The summed E-state index contributed by atoms with van der Waals surface area (Å²) in [5, 5.41) is 9.61. The minimum atomic E-state index is -0.901. The molecule has 1 N–H and O–H groups in total. The van der Waals surface area contributed by atoms with Crippen LogP contribution in [0.25, 0.3) is 10.2 Å². The zero-order valence-corrected chi connectivity index (χ0v) is 15.5. The molecule has 1 atom stereocenters. The molecule has 0 saturated heterocycles. The topological polar surface area (TPSA) is 72.2 Å². The highest BCUT2D eigenvalue weighted by atomic mass is 32.1. The van der Waals surface area contributed by atoms with E-state index >= 15 is 0 Å². The van der Waals surface area contributed by atoms with Crippen molar-refractivity contribution in [3.8, 4) is 0 Å². The van der Waals surface area contributed by atoms with Crippen LogP contribution in [0, 0.1) is 18.3 Å². The van der Waals surface area contributed by atoms with Gasteiger partial charge in [-0.1, -0.05) is 20.8 Å². The van der Waals surface area contributed by atoms with Crippen molar-refractivity contribution in [1.29, 1.82) is 0 Å². The van der Waals surface area contributed by atoms with Gasteiger partial charge in [0.15, 0.2) is 0 Å². The Hall–Kier alpha value is -1.69. The maximum Gasteiger partial charge on any atom is 0.305 e. The van der Waals surface area contributed by atoms with Gasteiger partial charge in [-0.15, -0.1) is 11.3 Å². The molecule has 1 aliphatic rings. The fourth-order valence-electron chi connectivity index (χ4n) is 3.57. The molecule has 0 fully saturated rings. The second-order valence-electron chi connectivity index (χ2n) is 7.75. The van der Waals surface area contributed by atoms with Crippen molar-refractivity contribution < 1.29 is 9.90 Å². The Morgan fingerprint density at radius 1 is 1.42 bits per heavy atom. The van der Waals surface area contributed by atoms with E-state index in [1.165, 1.54) is 9.44 Å². The fourth-order valence-corrected chi connectivity index (χ4v) is 4.91. The average molecular weight is 348 g/mol. The Bertz CT molecular complexity index is 858. The molecule has 2 heterocycles. The minimum Gasteiger partial charge on any atom is -0.481 e. The van der Waals surface area contributed by atoms with E-state index in [9.17, 15) is 9.59 Å². The van der Waals surface area contributed by atoms with Crippen LogP contribution in [0.3, 0.4) is 0 Å². The van der Waals surface area contributed by atoms with E-state index in [0.717, 1.165) is 35.0 Å². The lowest BCUT2D eigenvalue weighted by Gasteiger charge is -2.33. The van der Waals surface area contributed by atoms with Crippen LogP contribution in [-0.2, 0) is 24.2 Å². The molecule has 6 heteroatoms. The highest BCUT2D eigenvalue weighted by molar-refractivity contribution is 7.18. The molecule has 0 amide bonds. The van der Waals surface area contributed by atoms with Gasteiger partial charge >= 0.3 is 5.97 Å². The number of fused-ring (bicyclic) bond motifs is 3. The third-order valence-electron chi connectivity index (χ3n) is 5.13. The number of aromatic nitrogens is 2. The number of carboxylic acids is 1. The van der Waals surface area contributed by atoms with Gasteiger partial charge in [0.1, 0.15) is 10.7 Å². The molecule has 24 heavy (non-hydrogen) atoms. The van der Waals surface area contributed by atoms with Crippen LogP contribution in [0.1, 0.15) is 49.9 Å². The molecule has 0 saturated carbocycles. The van der Waals surface area contributed by atoms with Crippen molar-refractivity contribution in [2.75, 3.05) is 0 Å². The van der Waals surface area contributed by atoms with Gasteiger partial charge in [0.05, 0.1) is 11.8 Å². The van der Waals surface area contributed by atoms with Crippen molar-refractivity contribution >= 4 is 27.5 Å².